The Labute approximate surface area is 81.4 Å². The van der Waals surface area contributed by atoms with Gasteiger partial charge in [0.1, 0.15) is 0 Å². The summed E-state index contributed by atoms with van der Waals surface area (Å²) in [5.41, 5.74) is 0. The number of hydrogen-bond acceptors (Lipinski definition) is 2. The monoisotopic (exact) mass is 186 g/mol. The summed E-state index contributed by atoms with van der Waals surface area (Å²) in [7, 11) is 1.82. The zero-order chi connectivity index (χ0) is 9.40. The van der Waals surface area contributed by atoms with Crippen LogP contribution in [0.1, 0.15) is 32.6 Å². The number of rotatable bonds is 6. The highest BCUT2D eigenvalue weighted by Gasteiger charge is 2.01. The van der Waals surface area contributed by atoms with Crippen molar-refractivity contribution in [3.05, 3.63) is 12.7 Å². The molecule has 0 heterocycles. The van der Waals surface area contributed by atoms with E-state index in [1.807, 2.05) is 7.05 Å². The van der Waals surface area contributed by atoms with Gasteiger partial charge in [0.25, 0.3) is 0 Å². The third-order valence-corrected chi connectivity index (χ3v) is 1.90. The predicted octanol–water partition coefficient (Wildman–Crippen LogP) is 2.37. The SMILES string of the molecule is C=CC(=O)N(C)CCCCCC.N. The van der Waals surface area contributed by atoms with Crippen molar-refractivity contribution in [1.29, 1.82) is 0 Å². The average Bonchev–Trinajstić information content (AvgIpc) is 2.10. The lowest BCUT2D eigenvalue weighted by atomic mass is 10.2. The second-order valence-electron chi connectivity index (χ2n) is 3.02. The van der Waals surface area contributed by atoms with Crippen molar-refractivity contribution in [2.45, 2.75) is 32.6 Å². The highest BCUT2D eigenvalue weighted by molar-refractivity contribution is 5.86. The maximum Gasteiger partial charge on any atom is 0.245 e. The number of nitrogens with zero attached hydrogens (tertiary/aromatic N) is 1. The van der Waals surface area contributed by atoms with E-state index in [9.17, 15) is 4.79 Å². The van der Waals surface area contributed by atoms with Crippen LogP contribution in [0.2, 0.25) is 0 Å². The van der Waals surface area contributed by atoms with E-state index >= 15 is 0 Å². The number of unbranched alkanes of at least 4 members (excludes halogenated alkanes) is 3. The Morgan fingerprint density at radius 3 is 2.46 bits per heavy atom. The molecule has 0 aliphatic rings. The summed E-state index contributed by atoms with van der Waals surface area (Å²) in [6.07, 6.45) is 6.17. The summed E-state index contributed by atoms with van der Waals surface area (Å²) >= 11 is 0. The summed E-state index contributed by atoms with van der Waals surface area (Å²) in [6.45, 7) is 6.47. The number of carbonyl (C=O) groups excluding carboxylic acids is 1. The minimum Gasteiger partial charge on any atom is -0.344 e. The minimum atomic E-state index is 0. The molecule has 13 heavy (non-hydrogen) atoms. The maximum absolute atomic E-state index is 11.0. The van der Waals surface area contributed by atoms with Crippen molar-refractivity contribution in [2.24, 2.45) is 0 Å². The molecule has 0 aliphatic heterocycles. The normalized spacial score (nSPS) is 8.77. The Kier molecular flexibility index (Phi) is 10.5. The molecule has 0 aromatic heterocycles. The Hall–Kier alpha value is -0.830. The summed E-state index contributed by atoms with van der Waals surface area (Å²) in [5.74, 6) is 0.0199. The van der Waals surface area contributed by atoms with E-state index < -0.39 is 0 Å². The zero-order valence-corrected chi connectivity index (χ0v) is 8.88. The summed E-state index contributed by atoms with van der Waals surface area (Å²) in [5, 5.41) is 0. The van der Waals surface area contributed by atoms with Gasteiger partial charge in [-0.25, -0.2) is 0 Å². The predicted molar refractivity (Wildman–Crippen MR) is 57.0 cm³/mol. The Morgan fingerprint density at radius 1 is 1.38 bits per heavy atom. The first-order valence-electron chi connectivity index (χ1n) is 4.60. The molecule has 0 spiro atoms. The van der Waals surface area contributed by atoms with Gasteiger partial charge in [0, 0.05) is 13.6 Å². The first-order valence-corrected chi connectivity index (χ1v) is 4.60. The van der Waals surface area contributed by atoms with Gasteiger partial charge < -0.3 is 11.1 Å². The molecule has 0 aromatic rings. The van der Waals surface area contributed by atoms with Crippen LogP contribution in [-0.2, 0) is 4.79 Å². The number of carbonyl (C=O) groups is 1. The second-order valence-corrected chi connectivity index (χ2v) is 3.02. The molecule has 78 valence electrons. The van der Waals surface area contributed by atoms with Crippen LogP contribution in [0.4, 0.5) is 0 Å². The molecule has 3 nitrogen and oxygen atoms in total. The summed E-state index contributed by atoms with van der Waals surface area (Å²) < 4.78 is 0. The lowest BCUT2D eigenvalue weighted by Gasteiger charge is -2.14. The van der Waals surface area contributed by atoms with E-state index in [2.05, 4.69) is 13.5 Å². The molecule has 0 unspecified atom stereocenters. The topological polar surface area (TPSA) is 55.3 Å². The fourth-order valence-corrected chi connectivity index (χ4v) is 1.04. The van der Waals surface area contributed by atoms with Gasteiger partial charge in [0.2, 0.25) is 5.91 Å². The first-order chi connectivity index (χ1) is 5.72. The average molecular weight is 186 g/mol. The van der Waals surface area contributed by atoms with Crippen molar-refractivity contribution < 1.29 is 4.79 Å². The third-order valence-electron chi connectivity index (χ3n) is 1.90. The van der Waals surface area contributed by atoms with E-state index in [1.165, 1.54) is 25.3 Å². The van der Waals surface area contributed by atoms with Crippen molar-refractivity contribution >= 4 is 5.91 Å². The van der Waals surface area contributed by atoms with Gasteiger partial charge in [0.15, 0.2) is 0 Å². The van der Waals surface area contributed by atoms with Gasteiger partial charge in [-0.15, -0.1) is 0 Å². The molecule has 0 aromatic carbocycles. The minimum absolute atomic E-state index is 0. The van der Waals surface area contributed by atoms with E-state index in [4.69, 9.17) is 0 Å². The van der Waals surface area contributed by atoms with Gasteiger partial charge in [-0.3, -0.25) is 4.79 Å². The van der Waals surface area contributed by atoms with Crippen LogP contribution in [0.5, 0.6) is 0 Å². The zero-order valence-electron chi connectivity index (χ0n) is 8.88. The van der Waals surface area contributed by atoms with Crippen LogP contribution in [0.25, 0.3) is 0 Å². The van der Waals surface area contributed by atoms with Crippen LogP contribution < -0.4 is 6.15 Å². The lowest BCUT2D eigenvalue weighted by Crippen LogP contribution is -2.25. The fraction of sp³-hybridized carbons (Fsp3) is 0.700. The molecule has 0 radical (unpaired) electrons. The molecule has 0 bridgehead atoms. The molecule has 0 fully saturated rings. The Balaban J connectivity index is 0. The first kappa shape index (κ1) is 14.7. The van der Waals surface area contributed by atoms with E-state index in [-0.39, 0.29) is 12.1 Å². The molecular weight excluding hydrogens is 164 g/mol. The molecule has 3 heteroatoms. The molecule has 0 aliphatic carbocycles. The maximum atomic E-state index is 11.0. The van der Waals surface area contributed by atoms with Crippen LogP contribution in [0, 0.1) is 0 Å². The van der Waals surface area contributed by atoms with Crippen molar-refractivity contribution in [3.8, 4) is 0 Å². The molecule has 1 amide bonds. The van der Waals surface area contributed by atoms with Crippen LogP contribution in [-0.4, -0.2) is 24.4 Å². The summed E-state index contributed by atoms with van der Waals surface area (Å²) in [4.78, 5) is 12.7. The molecule has 0 saturated heterocycles. The fourth-order valence-electron chi connectivity index (χ4n) is 1.04. The van der Waals surface area contributed by atoms with Crippen molar-refractivity contribution in [3.63, 3.8) is 0 Å². The van der Waals surface area contributed by atoms with E-state index in [0.29, 0.717) is 0 Å². The smallest absolute Gasteiger partial charge is 0.245 e. The van der Waals surface area contributed by atoms with Gasteiger partial charge in [-0.1, -0.05) is 32.8 Å². The molecule has 0 rings (SSSR count). The van der Waals surface area contributed by atoms with Crippen LogP contribution in [0.15, 0.2) is 12.7 Å². The second kappa shape index (κ2) is 9.26. The van der Waals surface area contributed by atoms with Crippen molar-refractivity contribution in [1.82, 2.24) is 11.1 Å². The van der Waals surface area contributed by atoms with Gasteiger partial charge in [0.05, 0.1) is 0 Å². The largest absolute Gasteiger partial charge is 0.344 e. The quantitative estimate of drug-likeness (QED) is 0.511. The Bertz CT molecular complexity index is 146. The standard InChI is InChI=1S/C10H19NO.H3N/c1-4-6-7-8-9-11(3)10(12)5-2;/h5H,2,4,6-9H2,1,3H3;1H3. The van der Waals surface area contributed by atoms with Crippen LogP contribution >= 0.6 is 0 Å². The number of amides is 1. The van der Waals surface area contributed by atoms with Gasteiger partial charge in [-0.05, 0) is 12.5 Å². The summed E-state index contributed by atoms with van der Waals surface area (Å²) in [6, 6.07) is 0. The van der Waals surface area contributed by atoms with E-state index in [1.54, 1.807) is 4.90 Å². The van der Waals surface area contributed by atoms with Gasteiger partial charge in [-0.2, -0.15) is 0 Å². The molecular formula is C10H22N2O. The van der Waals surface area contributed by atoms with Crippen LogP contribution in [0.3, 0.4) is 0 Å². The van der Waals surface area contributed by atoms with Gasteiger partial charge >= 0.3 is 0 Å². The molecule has 0 saturated carbocycles. The Morgan fingerprint density at radius 2 is 2.00 bits per heavy atom. The van der Waals surface area contributed by atoms with Crippen molar-refractivity contribution in [2.75, 3.05) is 13.6 Å². The number of likely N-dealkylation sites (N-methyl/N-ethyl adjacent to an activating group) is 1. The highest BCUT2D eigenvalue weighted by atomic mass is 16.2. The lowest BCUT2D eigenvalue weighted by molar-refractivity contribution is -0.124. The molecule has 3 N–H and O–H groups in total. The molecule has 0 atom stereocenters. The highest BCUT2D eigenvalue weighted by Crippen LogP contribution is 2.00. The number of hydrogen-bond donors (Lipinski definition) is 1. The van der Waals surface area contributed by atoms with E-state index in [0.717, 1.165) is 13.0 Å². The third kappa shape index (κ3) is 7.53.